The van der Waals surface area contributed by atoms with Crippen molar-refractivity contribution in [1.82, 2.24) is 16.0 Å². The van der Waals surface area contributed by atoms with Gasteiger partial charge in [0.1, 0.15) is 23.9 Å². The second-order valence-corrected chi connectivity index (χ2v) is 9.18. The maximum atomic E-state index is 13.4. The molecule has 0 bridgehead atoms. The average molecular weight is 513 g/mol. The molecule has 0 saturated carbocycles. The van der Waals surface area contributed by atoms with E-state index >= 15 is 0 Å². The molecule has 10 nitrogen and oxygen atoms in total. The van der Waals surface area contributed by atoms with Crippen molar-refractivity contribution in [3.05, 3.63) is 65.7 Å². The molecule has 0 radical (unpaired) electrons. The van der Waals surface area contributed by atoms with Gasteiger partial charge in [-0.15, -0.1) is 0 Å². The Morgan fingerprint density at radius 3 is 1.76 bits per heavy atom. The summed E-state index contributed by atoms with van der Waals surface area (Å²) in [6.07, 6.45) is 0.710. The van der Waals surface area contributed by atoms with Crippen molar-refractivity contribution < 1.29 is 29.4 Å². The third kappa shape index (κ3) is 9.23. The Balaban J connectivity index is 2.32. The molecule has 3 amide bonds. The first-order valence-corrected chi connectivity index (χ1v) is 12.2. The highest BCUT2D eigenvalue weighted by molar-refractivity contribution is 5.94. The van der Waals surface area contributed by atoms with Crippen LogP contribution in [0, 0.1) is 5.92 Å². The standard InChI is InChI=1S/C27H36N4O6/c1-4-16(2)23(27(36)37)31-26(35)22(15-19-10-12-20(32)13-11-19)30-25(34)21(29-24(33)17(3)28)14-18-8-6-5-7-9-18/h5-13,16-17,21-23,32H,4,14-15,28H2,1-3H3,(H,29,33)(H,30,34)(H,31,35)(H,36,37). The van der Waals surface area contributed by atoms with Crippen molar-refractivity contribution in [2.75, 3.05) is 0 Å². The zero-order valence-electron chi connectivity index (χ0n) is 21.3. The van der Waals surface area contributed by atoms with E-state index in [0.717, 1.165) is 5.56 Å². The van der Waals surface area contributed by atoms with Gasteiger partial charge in [0.2, 0.25) is 17.7 Å². The van der Waals surface area contributed by atoms with Crippen LogP contribution in [0.4, 0.5) is 0 Å². The minimum absolute atomic E-state index is 0.0317. The topological polar surface area (TPSA) is 171 Å². The Morgan fingerprint density at radius 2 is 1.27 bits per heavy atom. The number of amides is 3. The lowest BCUT2D eigenvalue weighted by Gasteiger charge is -2.26. The van der Waals surface area contributed by atoms with Crippen molar-refractivity contribution in [2.45, 2.75) is 64.2 Å². The molecule has 37 heavy (non-hydrogen) atoms. The van der Waals surface area contributed by atoms with E-state index in [9.17, 15) is 29.4 Å². The van der Waals surface area contributed by atoms with Gasteiger partial charge in [-0.25, -0.2) is 4.79 Å². The van der Waals surface area contributed by atoms with Crippen LogP contribution in [0.15, 0.2) is 54.6 Å². The number of nitrogens with two attached hydrogens (primary N) is 1. The van der Waals surface area contributed by atoms with Gasteiger partial charge in [-0.3, -0.25) is 14.4 Å². The summed E-state index contributed by atoms with van der Waals surface area (Å²) in [6.45, 7) is 5.03. The Labute approximate surface area is 216 Å². The number of phenolic OH excluding ortho intramolecular Hbond substituents is 1. The molecule has 5 unspecified atom stereocenters. The quantitative estimate of drug-likeness (QED) is 0.233. The minimum Gasteiger partial charge on any atom is -0.508 e. The number of aromatic hydroxyl groups is 1. The number of carbonyl (C=O) groups excluding carboxylic acids is 3. The predicted molar refractivity (Wildman–Crippen MR) is 138 cm³/mol. The Hall–Kier alpha value is -3.92. The first kappa shape index (κ1) is 29.3. The molecule has 7 N–H and O–H groups in total. The summed E-state index contributed by atoms with van der Waals surface area (Å²) in [7, 11) is 0. The molecule has 0 aliphatic carbocycles. The molecule has 0 spiro atoms. The second-order valence-electron chi connectivity index (χ2n) is 9.18. The highest BCUT2D eigenvalue weighted by Gasteiger charge is 2.32. The van der Waals surface area contributed by atoms with Crippen LogP contribution in [-0.2, 0) is 32.0 Å². The molecule has 5 atom stereocenters. The zero-order chi connectivity index (χ0) is 27.5. The molecule has 2 aromatic rings. The van der Waals surface area contributed by atoms with Gasteiger partial charge in [0.15, 0.2) is 0 Å². The number of carbonyl (C=O) groups is 4. The molecular weight excluding hydrogens is 476 g/mol. The van der Waals surface area contributed by atoms with Crippen LogP contribution in [0.2, 0.25) is 0 Å². The lowest BCUT2D eigenvalue weighted by atomic mass is 9.97. The summed E-state index contributed by atoms with van der Waals surface area (Å²) in [4.78, 5) is 50.7. The molecule has 0 fully saturated rings. The van der Waals surface area contributed by atoms with Gasteiger partial charge in [0.05, 0.1) is 6.04 Å². The number of hydrogen-bond acceptors (Lipinski definition) is 6. The number of carboxylic acid groups (broad SMARTS) is 1. The third-order valence-corrected chi connectivity index (χ3v) is 6.12. The van der Waals surface area contributed by atoms with E-state index in [0.29, 0.717) is 12.0 Å². The highest BCUT2D eigenvalue weighted by Crippen LogP contribution is 2.13. The first-order valence-electron chi connectivity index (χ1n) is 12.2. The molecule has 0 aliphatic rings. The summed E-state index contributed by atoms with van der Waals surface area (Å²) in [5.41, 5.74) is 7.10. The van der Waals surface area contributed by atoms with Gasteiger partial charge < -0.3 is 31.9 Å². The van der Waals surface area contributed by atoms with Gasteiger partial charge in [-0.2, -0.15) is 0 Å². The molecule has 10 heteroatoms. The molecule has 0 saturated heterocycles. The van der Waals surface area contributed by atoms with Crippen molar-refractivity contribution >= 4 is 23.7 Å². The summed E-state index contributed by atoms with van der Waals surface area (Å²) in [6, 6.07) is 11.0. The molecule has 0 aromatic heterocycles. The normalized spacial score (nSPS) is 14.9. The molecule has 2 rings (SSSR count). The monoisotopic (exact) mass is 512 g/mol. The number of rotatable bonds is 13. The third-order valence-electron chi connectivity index (χ3n) is 6.12. The second kappa shape index (κ2) is 14.0. The summed E-state index contributed by atoms with van der Waals surface area (Å²) in [5.74, 6) is -3.30. The summed E-state index contributed by atoms with van der Waals surface area (Å²) in [5, 5.41) is 27.1. The lowest BCUT2D eigenvalue weighted by molar-refractivity contribution is -0.143. The van der Waals surface area contributed by atoms with Crippen LogP contribution in [0.5, 0.6) is 5.75 Å². The number of hydrogen-bond donors (Lipinski definition) is 6. The van der Waals surface area contributed by atoms with E-state index in [2.05, 4.69) is 16.0 Å². The van der Waals surface area contributed by atoms with Crippen LogP contribution in [0.3, 0.4) is 0 Å². The maximum Gasteiger partial charge on any atom is 0.326 e. The van der Waals surface area contributed by atoms with Crippen LogP contribution < -0.4 is 21.7 Å². The number of benzene rings is 2. The smallest absolute Gasteiger partial charge is 0.326 e. The molecule has 0 aliphatic heterocycles. The summed E-state index contributed by atoms with van der Waals surface area (Å²) < 4.78 is 0. The average Bonchev–Trinajstić information content (AvgIpc) is 2.87. The van der Waals surface area contributed by atoms with E-state index < -0.39 is 47.9 Å². The zero-order valence-corrected chi connectivity index (χ0v) is 21.3. The first-order chi connectivity index (χ1) is 17.5. The molecule has 2 aromatic carbocycles. The van der Waals surface area contributed by atoms with Crippen LogP contribution >= 0.6 is 0 Å². The van der Waals surface area contributed by atoms with Crippen LogP contribution in [0.1, 0.15) is 38.3 Å². The van der Waals surface area contributed by atoms with E-state index in [1.54, 1.807) is 31.2 Å². The SMILES string of the molecule is CCC(C)C(NC(=O)C(Cc1ccc(O)cc1)NC(=O)C(Cc1ccccc1)NC(=O)C(C)N)C(=O)O. The Morgan fingerprint density at radius 1 is 0.784 bits per heavy atom. The predicted octanol–water partition coefficient (Wildman–Crippen LogP) is 1.11. The largest absolute Gasteiger partial charge is 0.508 e. The summed E-state index contributed by atoms with van der Waals surface area (Å²) >= 11 is 0. The molecule has 0 heterocycles. The fourth-order valence-electron chi connectivity index (χ4n) is 3.65. The van der Waals surface area contributed by atoms with Gasteiger partial charge in [0.25, 0.3) is 0 Å². The van der Waals surface area contributed by atoms with Crippen molar-refractivity contribution in [3.63, 3.8) is 0 Å². The number of nitrogens with one attached hydrogen (secondary N) is 3. The van der Waals surface area contributed by atoms with E-state index in [-0.39, 0.29) is 24.5 Å². The van der Waals surface area contributed by atoms with E-state index in [4.69, 9.17) is 5.73 Å². The van der Waals surface area contributed by atoms with Gasteiger partial charge >= 0.3 is 5.97 Å². The maximum absolute atomic E-state index is 13.4. The van der Waals surface area contributed by atoms with Gasteiger partial charge in [-0.05, 0) is 36.1 Å². The van der Waals surface area contributed by atoms with Crippen molar-refractivity contribution in [3.8, 4) is 5.75 Å². The van der Waals surface area contributed by atoms with Crippen LogP contribution in [-0.4, -0.2) is 58.1 Å². The van der Waals surface area contributed by atoms with Gasteiger partial charge in [0, 0.05) is 12.8 Å². The minimum atomic E-state index is -1.18. The molecular formula is C27H36N4O6. The Bertz CT molecular complexity index is 1060. The van der Waals surface area contributed by atoms with E-state index in [1.165, 1.54) is 19.1 Å². The van der Waals surface area contributed by atoms with Crippen molar-refractivity contribution in [2.24, 2.45) is 11.7 Å². The number of carboxylic acids is 1. The molecule has 200 valence electrons. The number of phenols is 1. The number of aliphatic carboxylic acids is 1. The highest BCUT2D eigenvalue weighted by atomic mass is 16.4. The fourth-order valence-corrected chi connectivity index (χ4v) is 3.65. The Kier molecular flexibility index (Phi) is 11.1. The van der Waals surface area contributed by atoms with Crippen molar-refractivity contribution in [1.29, 1.82) is 0 Å². The van der Waals surface area contributed by atoms with E-state index in [1.807, 2.05) is 25.1 Å². The fraction of sp³-hybridized carbons (Fsp3) is 0.407. The lowest BCUT2D eigenvalue weighted by Crippen LogP contribution is -2.58. The van der Waals surface area contributed by atoms with Gasteiger partial charge in [-0.1, -0.05) is 62.7 Å². The van der Waals surface area contributed by atoms with Crippen LogP contribution in [0.25, 0.3) is 0 Å².